The zero-order chi connectivity index (χ0) is 55.4. The smallest absolute Gasteiger partial charge is 0.296 e. The number of imidazole rings is 3. The van der Waals surface area contributed by atoms with Gasteiger partial charge < -0.3 is 45.3 Å². The van der Waals surface area contributed by atoms with Crippen LogP contribution in [0.5, 0.6) is 0 Å². The lowest BCUT2D eigenvalue weighted by molar-refractivity contribution is -0.131. The number of carbonyl (C=O) groups excluding carboxylic acids is 3. The number of fused-ring (bicyclic) bond motifs is 3. The van der Waals surface area contributed by atoms with Gasteiger partial charge in [-0.15, -0.1) is 0 Å². The Labute approximate surface area is 471 Å². The van der Waals surface area contributed by atoms with Crippen LogP contribution in [0.25, 0.3) is 33.5 Å². The number of nitrogens with one attached hydrogen (secondary N) is 3. The topological polar surface area (TPSA) is 325 Å². The molecule has 3 saturated heterocycles. The molecule has 28 heteroatoms. The number of likely N-dealkylation sites (tertiary alicyclic amines) is 3. The largest absolute Gasteiger partial charge is 0.382 e. The van der Waals surface area contributed by atoms with Gasteiger partial charge in [0.1, 0.15) is 23.7 Å². The highest BCUT2D eigenvalue weighted by molar-refractivity contribution is 9.10. The normalized spacial score (nSPS) is 15.6. The van der Waals surface area contributed by atoms with Crippen molar-refractivity contribution in [2.75, 3.05) is 57.3 Å². The fraction of sp³-hybridized carbons (Fsp3) is 0.510. The van der Waals surface area contributed by atoms with Crippen LogP contribution in [-0.4, -0.2) is 146 Å². The summed E-state index contributed by atoms with van der Waals surface area (Å²) in [4.78, 5) is 78.6. The van der Waals surface area contributed by atoms with Gasteiger partial charge in [-0.1, -0.05) is 17.7 Å². The van der Waals surface area contributed by atoms with Crippen LogP contribution in [0.2, 0.25) is 0 Å². The molecule has 1 aromatic carbocycles. The molecule has 0 atom stereocenters. The van der Waals surface area contributed by atoms with Crippen molar-refractivity contribution < 1.29 is 27.0 Å². The maximum atomic E-state index is 12.1. The molecule has 3 aliphatic heterocycles. The number of piperidine rings is 3. The second-order valence-electron chi connectivity index (χ2n) is 19.3. The molecule has 24 nitrogen and oxygen atoms in total. The van der Waals surface area contributed by atoms with Crippen molar-refractivity contribution in [2.24, 2.45) is 17.8 Å². The van der Waals surface area contributed by atoms with Gasteiger partial charge in [0.25, 0.3) is 10.1 Å². The van der Waals surface area contributed by atoms with E-state index in [-0.39, 0.29) is 34.7 Å². The van der Waals surface area contributed by atoms with E-state index >= 15 is 0 Å². The number of aryl methyl sites for hydroxylation is 3. The van der Waals surface area contributed by atoms with Gasteiger partial charge in [-0.2, -0.15) is 8.42 Å². The molecule has 0 saturated carbocycles. The summed E-state index contributed by atoms with van der Waals surface area (Å²) < 4.78 is 35.2. The van der Waals surface area contributed by atoms with E-state index in [4.69, 9.17) is 21.1 Å². The number of nitrogens with zero attached hydrogens (tertiary/aromatic N) is 13. The Bertz CT molecular complexity index is 3310. The van der Waals surface area contributed by atoms with E-state index in [1.54, 1.807) is 51.4 Å². The van der Waals surface area contributed by atoms with E-state index in [0.717, 1.165) is 125 Å². The molecule has 0 bridgehead atoms. The Kier molecular flexibility index (Phi) is 20.6. The van der Waals surface area contributed by atoms with Crippen LogP contribution >= 0.6 is 47.8 Å². The van der Waals surface area contributed by atoms with Crippen LogP contribution in [0.1, 0.15) is 84.1 Å². The van der Waals surface area contributed by atoms with Crippen LogP contribution in [0.3, 0.4) is 0 Å². The van der Waals surface area contributed by atoms with Gasteiger partial charge in [-0.05, 0) is 142 Å². The highest BCUT2D eigenvalue weighted by Gasteiger charge is 2.25. The third kappa shape index (κ3) is 16.1. The van der Waals surface area contributed by atoms with E-state index in [2.05, 4.69) is 97.6 Å². The molecule has 7 aromatic rings. The summed E-state index contributed by atoms with van der Waals surface area (Å²) in [6.45, 7) is 13.6. The predicted molar refractivity (Wildman–Crippen MR) is 300 cm³/mol. The number of aromatic amines is 2. The Morgan fingerprint density at radius 3 is 1.73 bits per heavy atom. The van der Waals surface area contributed by atoms with Crippen molar-refractivity contribution in [2.45, 2.75) is 103 Å². The molecule has 3 fully saturated rings. The van der Waals surface area contributed by atoms with Crippen molar-refractivity contribution in [3.8, 4) is 0 Å². The van der Waals surface area contributed by atoms with E-state index in [0.29, 0.717) is 67.5 Å². The molecule has 0 aliphatic carbocycles. The quantitative estimate of drug-likeness (QED) is 0.0680. The number of benzene rings is 1. The standard InChI is InChI=1S/C16H23NO4S.2C14H19BrN6O.C5H4BrN5/c1-13-3-5-16(6-4-13)22(19,20)21-12-9-15-7-10-17(11-8-15)14(2)18;1-9(22)20-5-2-10(3-6-20)4-7-21-8-17-12(16)11-13(21)19-14(15)18-11;1-9(22)20-5-2-10(3-6-20)4-7-21-13-11(19-14(21)15)12(16)17-8-18-13;6-5-10-2-3(7)8-1-9-4(2)11-5/h3-6,15H,7-12H2,1-2H3;8,10,16H,2-7H2,1H3,(H,18,19);8,10H,2-7H2,1H3,(H2,16,17,18);1H,(H3,7,8,9,10,11). The van der Waals surface area contributed by atoms with Crippen molar-refractivity contribution in [1.29, 1.82) is 5.41 Å². The number of H-pyrrole nitrogens is 2. The zero-order valence-electron chi connectivity index (χ0n) is 43.5. The first-order valence-corrected chi connectivity index (χ1v) is 29.2. The first kappa shape index (κ1) is 58.7. The molecule has 6 aromatic heterocycles. The molecule has 3 amide bonds. The fourth-order valence-corrected chi connectivity index (χ4v) is 11.6. The van der Waals surface area contributed by atoms with Crippen LogP contribution < -0.4 is 17.0 Å². The molecule has 0 spiro atoms. The lowest BCUT2D eigenvalue weighted by Gasteiger charge is -2.31. The first-order valence-electron chi connectivity index (χ1n) is 25.4. The van der Waals surface area contributed by atoms with Crippen LogP contribution in [0.15, 0.2) is 62.3 Å². The Morgan fingerprint density at radius 2 is 1.17 bits per heavy atom. The van der Waals surface area contributed by atoms with Gasteiger partial charge in [0.15, 0.2) is 53.8 Å². The minimum atomic E-state index is -3.67. The minimum Gasteiger partial charge on any atom is -0.382 e. The summed E-state index contributed by atoms with van der Waals surface area (Å²) in [5, 5.41) is 7.81. The Balaban J connectivity index is 0.000000153. The lowest BCUT2D eigenvalue weighted by Crippen LogP contribution is -2.37. The number of halogens is 3. The Hall–Kier alpha value is -5.97. The molecule has 414 valence electrons. The highest BCUT2D eigenvalue weighted by atomic mass is 79.9. The summed E-state index contributed by atoms with van der Waals surface area (Å²) in [5.41, 5.74) is 16.6. The maximum Gasteiger partial charge on any atom is 0.296 e. The number of hydrogen-bond acceptors (Lipinski definition) is 17. The summed E-state index contributed by atoms with van der Waals surface area (Å²) >= 11 is 9.95. The molecule has 7 N–H and O–H groups in total. The highest BCUT2D eigenvalue weighted by Crippen LogP contribution is 2.27. The van der Waals surface area contributed by atoms with E-state index in [9.17, 15) is 22.8 Å². The zero-order valence-corrected chi connectivity index (χ0v) is 49.0. The number of hydrogen-bond donors (Lipinski definition) is 5. The molecule has 0 unspecified atom stereocenters. The van der Waals surface area contributed by atoms with Gasteiger partial charge in [0.2, 0.25) is 17.7 Å². The van der Waals surface area contributed by atoms with Crippen LogP contribution in [0.4, 0.5) is 11.6 Å². The molecule has 3 aliphatic rings. The average molecular weight is 1270 g/mol. The molecule has 10 rings (SSSR count). The SMILES string of the molecule is CC(=O)N1CCC(CCOS(=O)(=O)c2ccc(C)cc2)CC1.CC(=O)N1CCC(CCn2c(Br)nc3c(N)ncnc32)CC1.CC(=O)N1CCC(CCn2cnc(=N)c3[nH]c(Br)nc32)CC1.Nc1ncnc2nc(Br)[nH]c12. The van der Waals surface area contributed by atoms with Gasteiger partial charge in [0.05, 0.1) is 17.8 Å². The van der Waals surface area contributed by atoms with Gasteiger partial charge >= 0.3 is 0 Å². The third-order valence-corrected chi connectivity index (χ3v) is 16.8. The number of amides is 3. The molecular weight excluding hydrogens is 1210 g/mol. The van der Waals surface area contributed by atoms with Gasteiger partial charge in [0, 0.05) is 73.1 Å². The Morgan fingerprint density at radius 1 is 0.662 bits per heavy atom. The number of nitrogens with two attached hydrogens (primary N) is 2. The minimum absolute atomic E-state index is 0.108. The number of rotatable bonds is 11. The second kappa shape index (κ2) is 27.1. The van der Waals surface area contributed by atoms with E-state index < -0.39 is 10.1 Å². The van der Waals surface area contributed by atoms with Crippen molar-refractivity contribution in [3.05, 3.63) is 68.5 Å². The number of aromatic nitrogens is 12. The van der Waals surface area contributed by atoms with Crippen LogP contribution in [0, 0.1) is 30.1 Å². The van der Waals surface area contributed by atoms with Crippen LogP contribution in [-0.2, 0) is 41.8 Å². The number of nitrogen functional groups attached to an aromatic ring is 2. The average Bonchev–Trinajstić information content (AvgIpc) is 4.12. The van der Waals surface area contributed by atoms with Gasteiger partial charge in [-0.3, -0.25) is 24.0 Å². The van der Waals surface area contributed by atoms with Crippen molar-refractivity contribution in [1.82, 2.24) is 73.7 Å². The number of carbonyl (C=O) groups is 3. The van der Waals surface area contributed by atoms with Crippen molar-refractivity contribution >= 4 is 121 Å². The second-order valence-corrected chi connectivity index (χ2v) is 23.1. The summed E-state index contributed by atoms with van der Waals surface area (Å²) in [7, 11) is -3.67. The molecule has 9 heterocycles. The van der Waals surface area contributed by atoms with Gasteiger partial charge in [-0.25, -0.2) is 39.9 Å². The summed E-state index contributed by atoms with van der Waals surface area (Å²) in [6.07, 6.45) is 13.4. The monoisotopic (exact) mass is 1270 g/mol. The lowest BCUT2D eigenvalue weighted by atomic mass is 9.93. The molecule has 77 heavy (non-hydrogen) atoms. The fourth-order valence-electron chi connectivity index (χ4n) is 9.40. The first-order chi connectivity index (χ1) is 36.8. The number of anilines is 2. The van der Waals surface area contributed by atoms with E-state index in [1.165, 1.54) is 12.7 Å². The molecule has 0 radical (unpaired) electrons. The molecular formula is C49H65Br3N18O6S. The van der Waals surface area contributed by atoms with E-state index in [1.807, 2.05) is 30.8 Å². The maximum absolute atomic E-state index is 12.1. The summed E-state index contributed by atoms with van der Waals surface area (Å²) in [6, 6.07) is 6.65. The summed E-state index contributed by atoms with van der Waals surface area (Å²) in [5.74, 6) is 2.93. The van der Waals surface area contributed by atoms with Crippen molar-refractivity contribution in [3.63, 3.8) is 0 Å². The predicted octanol–water partition coefficient (Wildman–Crippen LogP) is 6.52. The third-order valence-electron chi connectivity index (χ3n) is 14.1.